The van der Waals surface area contributed by atoms with Crippen LogP contribution in [0.2, 0.25) is 0 Å². The molecular formula is C37H35F2N3O6. The Morgan fingerprint density at radius 1 is 0.708 bits per heavy atom. The summed E-state index contributed by atoms with van der Waals surface area (Å²) in [5.74, 6) is -1.42. The fraction of sp³-hybridized carbons (Fsp3) is 0.189. The van der Waals surface area contributed by atoms with E-state index >= 15 is 0 Å². The van der Waals surface area contributed by atoms with Crippen molar-refractivity contribution in [1.82, 2.24) is 14.9 Å². The molecule has 2 heterocycles. The summed E-state index contributed by atoms with van der Waals surface area (Å²) in [6.07, 6.45) is 0. The van der Waals surface area contributed by atoms with Gasteiger partial charge in [-0.05, 0) is 93.7 Å². The summed E-state index contributed by atoms with van der Waals surface area (Å²) in [4.78, 5) is 33.2. The smallest absolute Gasteiger partial charge is 0.340 e. The fourth-order valence-corrected chi connectivity index (χ4v) is 5.39. The van der Waals surface area contributed by atoms with E-state index in [0.717, 1.165) is 11.0 Å². The standard InChI is InChI=1S/C20H21FN2O3.C17H14FNO3/c1-12-18(20(25)26-11-13-4-6-14(21)7-5-13)19-15(10-23(2)3)17(24)9-8-16(19)22-12;1-10-16(14-8-13(20)6-7-15(14)19-10)17(21)22-9-11-2-4-12(18)5-3-11/h4-9,22,24H,10-11H2,1-3H3;2-8,19-20H,9H2,1H3. The first-order chi connectivity index (χ1) is 22.9. The molecule has 248 valence electrons. The van der Waals surface area contributed by atoms with Crippen LogP contribution in [0.4, 0.5) is 8.78 Å². The van der Waals surface area contributed by atoms with Gasteiger partial charge in [-0.2, -0.15) is 0 Å². The molecule has 0 spiro atoms. The number of hydrogen-bond acceptors (Lipinski definition) is 7. The molecule has 0 fully saturated rings. The van der Waals surface area contributed by atoms with E-state index in [9.17, 15) is 28.6 Å². The lowest BCUT2D eigenvalue weighted by atomic mass is 10.0. The minimum atomic E-state index is -0.487. The van der Waals surface area contributed by atoms with Crippen molar-refractivity contribution >= 4 is 33.7 Å². The van der Waals surface area contributed by atoms with Gasteiger partial charge in [0, 0.05) is 45.3 Å². The highest BCUT2D eigenvalue weighted by molar-refractivity contribution is 6.08. The third kappa shape index (κ3) is 7.64. The van der Waals surface area contributed by atoms with E-state index in [1.54, 1.807) is 62.4 Å². The van der Waals surface area contributed by atoms with Crippen LogP contribution in [0.5, 0.6) is 11.5 Å². The molecule has 0 saturated heterocycles. The summed E-state index contributed by atoms with van der Waals surface area (Å²) in [6, 6.07) is 19.7. The number of carbonyl (C=O) groups is 2. The highest BCUT2D eigenvalue weighted by atomic mass is 19.1. The zero-order valence-corrected chi connectivity index (χ0v) is 26.9. The second kappa shape index (κ2) is 14.4. The van der Waals surface area contributed by atoms with Crippen molar-refractivity contribution in [2.75, 3.05) is 14.1 Å². The number of hydrogen-bond donors (Lipinski definition) is 4. The molecule has 0 amide bonds. The van der Waals surface area contributed by atoms with E-state index in [-0.39, 0.29) is 36.3 Å². The Kier molecular flexibility index (Phi) is 10.1. The Morgan fingerprint density at radius 2 is 1.21 bits per heavy atom. The summed E-state index contributed by atoms with van der Waals surface area (Å²) >= 11 is 0. The van der Waals surface area contributed by atoms with Crippen LogP contribution in [0.15, 0.2) is 78.9 Å². The number of nitrogens with zero attached hydrogens (tertiary/aromatic N) is 1. The first kappa shape index (κ1) is 33.7. The number of halogens is 2. The lowest BCUT2D eigenvalue weighted by Gasteiger charge is -2.14. The topological polar surface area (TPSA) is 128 Å². The summed E-state index contributed by atoms with van der Waals surface area (Å²) in [5.41, 5.74) is 5.76. The molecule has 2 aromatic heterocycles. The van der Waals surface area contributed by atoms with Crippen molar-refractivity contribution in [1.29, 1.82) is 0 Å². The van der Waals surface area contributed by atoms with Gasteiger partial charge in [0.05, 0.1) is 11.1 Å². The Balaban J connectivity index is 0.000000190. The minimum absolute atomic E-state index is 0.0487. The van der Waals surface area contributed by atoms with Gasteiger partial charge in [-0.15, -0.1) is 0 Å². The van der Waals surface area contributed by atoms with Gasteiger partial charge < -0.3 is 34.6 Å². The Hall–Kier alpha value is -5.68. The molecule has 0 unspecified atom stereocenters. The molecule has 0 atom stereocenters. The number of H-pyrrole nitrogens is 2. The number of benzene rings is 4. The molecule has 48 heavy (non-hydrogen) atoms. The molecule has 6 aromatic rings. The van der Waals surface area contributed by atoms with Crippen LogP contribution in [-0.4, -0.2) is 51.1 Å². The molecule has 0 aliphatic carbocycles. The maximum Gasteiger partial charge on any atom is 0.340 e. The number of nitrogens with one attached hydrogen (secondary N) is 2. The molecule has 0 radical (unpaired) electrons. The molecule has 0 bridgehead atoms. The van der Waals surface area contributed by atoms with Crippen molar-refractivity contribution in [2.24, 2.45) is 0 Å². The van der Waals surface area contributed by atoms with Crippen LogP contribution in [0.3, 0.4) is 0 Å². The molecule has 6 rings (SSSR count). The SMILES string of the molecule is Cc1[nH]c2ccc(O)c(CN(C)C)c2c1C(=O)OCc1ccc(F)cc1.Cc1[nH]c2ccc(O)cc2c1C(=O)OCc1ccc(F)cc1. The molecule has 4 aromatic carbocycles. The van der Waals surface area contributed by atoms with Crippen molar-refractivity contribution in [3.63, 3.8) is 0 Å². The van der Waals surface area contributed by atoms with Crippen molar-refractivity contribution < 1.29 is 38.1 Å². The third-order valence-electron chi connectivity index (χ3n) is 7.65. The zero-order chi connectivity index (χ0) is 34.5. The molecule has 0 saturated carbocycles. The van der Waals surface area contributed by atoms with Gasteiger partial charge in [0.1, 0.15) is 36.3 Å². The number of aromatic amines is 2. The van der Waals surface area contributed by atoms with Gasteiger partial charge >= 0.3 is 11.9 Å². The van der Waals surface area contributed by atoms with Crippen molar-refractivity contribution in [3.8, 4) is 11.5 Å². The van der Waals surface area contributed by atoms with Crippen LogP contribution in [0.1, 0.15) is 48.8 Å². The summed E-state index contributed by atoms with van der Waals surface area (Å²) in [5, 5.41) is 21.1. The number of phenolic OH excluding ortho intramolecular Hbond substituents is 2. The molecule has 0 aliphatic rings. The lowest BCUT2D eigenvalue weighted by molar-refractivity contribution is 0.0465. The predicted molar refractivity (Wildman–Crippen MR) is 178 cm³/mol. The third-order valence-corrected chi connectivity index (χ3v) is 7.65. The van der Waals surface area contributed by atoms with E-state index in [2.05, 4.69) is 9.97 Å². The van der Waals surface area contributed by atoms with E-state index in [1.165, 1.54) is 30.3 Å². The molecule has 11 heteroatoms. The van der Waals surface area contributed by atoms with E-state index in [0.29, 0.717) is 56.5 Å². The first-order valence-electron chi connectivity index (χ1n) is 15.0. The monoisotopic (exact) mass is 655 g/mol. The van der Waals surface area contributed by atoms with Gasteiger partial charge in [0.2, 0.25) is 0 Å². The largest absolute Gasteiger partial charge is 0.508 e. The average Bonchev–Trinajstić information content (AvgIpc) is 3.56. The van der Waals surface area contributed by atoms with Gasteiger partial charge in [-0.3, -0.25) is 0 Å². The van der Waals surface area contributed by atoms with Crippen LogP contribution < -0.4 is 0 Å². The normalized spacial score (nSPS) is 11.1. The van der Waals surface area contributed by atoms with Crippen LogP contribution >= 0.6 is 0 Å². The highest BCUT2D eigenvalue weighted by Crippen LogP contribution is 2.33. The van der Waals surface area contributed by atoms with Crippen molar-refractivity contribution in [2.45, 2.75) is 33.6 Å². The van der Waals surface area contributed by atoms with Crippen LogP contribution in [0, 0.1) is 25.5 Å². The Morgan fingerprint density at radius 3 is 1.77 bits per heavy atom. The maximum absolute atomic E-state index is 13.0. The number of fused-ring (bicyclic) bond motifs is 2. The lowest BCUT2D eigenvalue weighted by Crippen LogP contribution is -2.12. The zero-order valence-electron chi connectivity index (χ0n) is 26.9. The molecule has 9 nitrogen and oxygen atoms in total. The van der Waals surface area contributed by atoms with E-state index in [4.69, 9.17) is 9.47 Å². The van der Waals surface area contributed by atoms with E-state index in [1.807, 2.05) is 19.0 Å². The number of aryl methyl sites for hydroxylation is 2. The van der Waals surface area contributed by atoms with Crippen molar-refractivity contribution in [3.05, 3.63) is 130 Å². The number of ether oxygens (including phenoxy) is 2. The highest BCUT2D eigenvalue weighted by Gasteiger charge is 2.22. The molecule has 4 N–H and O–H groups in total. The average molecular weight is 656 g/mol. The van der Waals surface area contributed by atoms with Gasteiger partial charge in [-0.1, -0.05) is 24.3 Å². The number of aromatic nitrogens is 2. The number of phenols is 2. The maximum atomic E-state index is 13.0. The van der Waals surface area contributed by atoms with Crippen LogP contribution in [0.25, 0.3) is 21.8 Å². The summed E-state index contributed by atoms with van der Waals surface area (Å²) < 4.78 is 36.5. The number of carbonyl (C=O) groups excluding carboxylic acids is 2. The molecular weight excluding hydrogens is 620 g/mol. The fourth-order valence-electron chi connectivity index (χ4n) is 5.39. The quantitative estimate of drug-likeness (QED) is 0.126. The minimum Gasteiger partial charge on any atom is -0.508 e. The number of aromatic hydroxyl groups is 2. The Labute approximate surface area is 275 Å². The second-order valence-electron chi connectivity index (χ2n) is 11.6. The summed E-state index contributed by atoms with van der Waals surface area (Å²) in [6.45, 7) is 4.16. The van der Waals surface area contributed by atoms with Gasteiger partial charge in [-0.25, -0.2) is 18.4 Å². The first-order valence-corrected chi connectivity index (χ1v) is 15.0. The Bertz CT molecular complexity index is 2080. The molecule has 0 aliphatic heterocycles. The number of rotatable bonds is 8. The van der Waals surface area contributed by atoms with E-state index < -0.39 is 11.9 Å². The van der Waals surface area contributed by atoms with Crippen LogP contribution in [-0.2, 0) is 29.2 Å². The van der Waals surface area contributed by atoms with Gasteiger partial charge in [0.25, 0.3) is 0 Å². The number of esters is 2. The predicted octanol–water partition coefficient (Wildman–Crippen LogP) is 7.42. The van der Waals surface area contributed by atoms with Gasteiger partial charge in [0.15, 0.2) is 0 Å². The second-order valence-corrected chi connectivity index (χ2v) is 11.6. The summed E-state index contributed by atoms with van der Waals surface area (Å²) in [7, 11) is 3.79.